The molecule has 0 bridgehead atoms. The highest BCUT2D eigenvalue weighted by molar-refractivity contribution is 14.1. The Labute approximate surface area is 216 Å². The Bertz CT molecular complexity index is 1230. The normalized spacial score (nSPS) is 12.0. The molecule has 0 fully saturated rings. The van der Waals surface area contributed by atoms with E-state index in [1.165, 1.54) is 4.68 Å². The monoisotopic (exact) mass is 625 g/mol. The lowest BCUT2D eigenvalue weighted by Crippen LogP contribution is -2.22. The van der Waals surface area contributed by atoms with Crippen LogP contribution < -0.4 is 15.0 Å². The highest BCUT2D eigenvalue weighted by atomic mass is 127. The van der Waals surface area contributed by atoms with E-state index in [4.69, 9.17) is 14.5 Å². The number of fused-ring (bicyclic) bond motifs is 1. The number of hydrogen-bond acceptors (Lipinski definition) is 5. The Hall–Kier alpha value is -1.94. The second-order valence-corrected chi connectivity index (χ2v) is 11.1. The van der Waals surface area contributed by atoms with E-state index < -0.39 is 0 Å². The minimum atomic E-state index is -0.185. The zero-order valence-corrected chi connectivity index (χ0v) is 23.4. The zero-order chi connectivity index (χ0) is 24.2. The Balaban J connectivity index is 2.03. The maximum Gasteiger partial charge on any atom is 0.282 e. The third-order valence-corrected chi connectivity index (χ3v) is 6.15. The molecule has 0 saturated carbocycles. The zero-order valence-electron chi connectivity index (χ0n) is 19.6. The van der Waals surface area contributed by atoms with Crippen molar-refractivity contribution < 1.29 is 9.47 Å². The number of aromatic nitrogens is 2. The minimum absolute atomic E-state index is 0.0301. The van der Waals surface area contributed by atoms with Crippen LogP contribution in [0.15, 0.2) is 44.7 Å². The summed E-state index contributed by atoms with van der Waals surface area (Å²) in [5.41, 5.74) is 1.33. The van der Waals surface area contributed by atoms with E-state index in [2.05, 4.69) is 71.3 Å². The fourth-order valence-corrected chi connectivity index (χ4v) is 4.32. The first-order valence-electron chi connectivity index (χ1n) is 10.9. The van der Waals surface area contributed by atoms with Gasteiger partial charge in [-0.1, -0.05) is 50.0 Å². The molecule has 0 N–H and O–H groups in total. The third kappa shape index (κ3) is 6.56. The van der Waals surface area contributed by atoms with Crippen LogP contribution in [0.25, 0.3) is 10.9 Å². The van der Waals surface area contributed by atoms with Gasteiger partial charge in [-0.2, -0.15) is 9.78 Å². The largest absolute Gasteiger partial charge is 0.493 e. The van der Waals surface area contributed by atoms with E-state index in [1.54, 1.807) is 19.4 Å². The van der Waals surface area contributed by atoms with Crippen LogP contribution in [0, 0.1) is 8.99 Å². The number of nitrogens with zero attached hydrogens (tertiary/aromatic N) is 3. The van der Waals surface area contributed by atoms with E-state index in [9.17, 15) is 4.79 Å². The summed E-state index contributed by atoms with van der Waals surface area (Å²) in [6, 6.07) is 9.36. The first-order valence-corrected chi connectivity index (χ1v) is 12.8. The molecule has 1 aromatic heterocycles. The summed E-state index contributed by atoms with van der Waals surface area (Å²) in [5.74, 6) is 2.00. The SMILES string of the molecule is CCCCc1nc2ccc(Br)cc2c(=O)n1N=Cc1cc(I)c(OCC(C)(C)C)c(OC)c1. The lowest BCUT2D eigenvalue weighted by atomic mass is 9.99. The summed E-state index contributed by atoms with van der Waals surface area (Å²) in [6.45, 7) is 9.05. The van der Waals surface area contributed by atoms with Crippen molar-refractivity contribution in [2.45, 2.75) is 47.0 Å². The average Bonchev–Trinajstić information content (AvgIpc) is 2.75. The summed E-state index contributed by atoms with van der Waals surface area (Å²) in [5, 5.41) is 5.07. The Morgan fingerprint density at radius 2 is 2.00 bits per heavy atom. The van der Waals surface area contributed by atoms with Gasteiger partial charge in [-0.3, -0.25) is 4.79 Å². The van der Waals surface area contributed by atoms with Crippen LogP contribution >= 0.6 is 38.5 Å². The van der Waals surface area contributed by atoms with E-state index in [1.807, 2.05) is 24.3 Å². The molecule has 0 amide bonds. The highest BCUT2D eigenvalue weighted by Gasteiger charge is 2.17. The summed E-state index contributed by atoms with van der Waals surface area (Å²) < 4.78 is 14.8. The molecule has 0 spiro atoms. The molecule has 176 valence electrons. The number of hydrogen-bond donors (Lipinski definition) is 0. The molecule has 0 aliphatic heterocycles. The van der Waals surface area contributed by atoms with Gasteiger partial charge in [0.2, 0.25) is 0 Å². The number of halogens is 2. The molecule has 3 rings (SSSR count). The van der Waals surface area contributed by atoms with Gasteiger partial charge in [-0.25, -0.2) is 4.98 Å². The summed E-state index contributed by atoms with van der Waals surface area (Å²) >= 11 is 5.68. The van der Waals surface area contributed by atoms with Crippen molar-refractivity contribution in [1.82, 2.24) is 9.66 Å². The summed E-state index contributed by atoms with van der Waals surface area (Å²) in [4.78, 5) is 18.0. The van der Waals surface area contributed by atoms with Gasteiger partial charge < -0.3 is 9.47 Å². The summed E-state index contributed by atoms with van der Waals surface area (Å²) in [6.07, 6.45) is 4.27. The molecular formula is C25H29BrIN3O3. The van der Waals surface area contributed by atoms with Gasteiger partial charge >= 0.3 is 0 Å². The van der Waals surface area contributed by atoms with Crippen LogP contribution in [0.3, 0.4) is 0 Å². The fraction of sp³-hybridized carbons (Fsp3) is 0.400. The quantitative estimate of drug-likeness (QED) is 0.214. The maximum atomic E-state index is 13.3. The van der Waals surface area contributed by atoms with Crippen molar-refractivity contribution in [2.75, 3.05) is 13.7 Å². The number of aryl methyl sites for hydroxylation is 1. The number of benzene rings is 2. The Morgan fingerprint density at radius 1 is 1.24 bits per heavy atom. The second kappa shape index (κ2) is 11.0. The van der Waals surface area contributed by atoms with Crippen LogP contribution in [-0.4, -0.2) is 29.6 Å². The fourth-order valence-electron chi connectivity index (χ4n) is 3.18. The Kier molecular flexibility index (Phi) is 8.55. The first kappa shape index (κ1) is 25.7. The summed E-state index contributed by atoms with van der Waals surface area (Å²) in [7, 11) is 1.62. The molecular weight excluding hydrogens is 597 g/mol. The number of methoxy groups -OCH3 is 1. The molecule has 0 aliphatic rings. The van der Waals surface area contributed by atoms with Gasteiger partial charge in [0.25, 0.3) is 5.56 Å². The highest BCUT2D eigenvalue weighted by Crippen LogP contribution is 2.34. The van der Waals surface area contributed by atoms with E-state index >= 15 is 0 Å². The van der Waals surface area contributed by atoms with E-state index in [-0.39, 0.29) is 11.0 Å². The predicted molar refractivity (Wildman–Crippen MR) is 146 cm³/mol. The lowest BCUT2D eigenvalue weighted by Gasteiger charge is -2.21. The first-order chi connectivity index (χ1) is 15.6. The molecule has 3 aromatic rings. The van der Waals surface area contributed by atoms with Crippen molar-refractivity contribution in [3.63, 3.8) is 0 Å². The molecule has 8 heteroatoms. The van der Waals surface area contributed by atoms with Crippen LogP contribution in [-0.2, 0) is 6.42 Å². The van der Waals surface area contributed by atoms with Crippen molar-refractivity contribution in [3.05, 3.63) is 60.1 Å². The molecule has 0 radical (unpaired) electrons. The minimum Gasteiger partial charge on any atom is -0.493 e. The molecule has 0 saturated heterocycles. The van der Waals surface area contributed by atoms with Crippen molar-refractivity contribution >= 4 is 55.6 Å². The average molecular weight is 626 g/mol. The lowest BCUT2D eigenvalue weighted by molar-refractivity contribution is 0.190. The molecule has 0 aliphatic carbocycles. The standard InChI is InChI=1S/C25H29BrIN3O3/c1-6-7-8-22-29-20-10-9-17(26)13-18(20)24(31)30(22)28-14-16-11-19(27)23(21(12-16)32-5)33-15-25(2,3)4/h9-14H,6-8,15H2,1-5H3. The predicted octanol–water partition coefficient (Wildman–Crippen LogP) is 6.42. The molecule has 6 nitrogen and oxygen atoms in total. The van der Waals surface area contributed by atoms with E-state index in [0.717, 1.165) is 26.4 Å². The van der Waals surface area contributed by atoms with Gasteiger partial charge in [0.15, 0.2) is 11.5 Å². The van der Waals surface area contributed by atoms with Gasteiger partial charge in [0.1, 0.15) is 5.82 Å². The van der Waals surface area contributed by atoms with Crippen molar-refractivity contribution in [3.8, 4) is 11.5 Å². The second-order valence-electron chi connectivity index (χ2n) is 9.04. The van der Waals surface area contributed by atoms with Crippen LogP contribution in [0.5, 0.6) is 11.5 Å². The molecule has 0 unspecified atom stereocenters. The van der Waals surface area contributed by atoms with Crippen LogP contribution in [0.1, 0.15) is 51.9 Å². The van der Waals surface area contributed by atoms with Crippen LogP contribution in [0.4, 0.5) is 0 Å². The van der Waals surface area contributed by atoms with Gasteiger partial charge in [0.05, 0.1) is 34.4 Å². The van der Waals surface area contributed by atoms with Gasteiger partial charge in [-0.15, -0.1) is 0 Å². The number of rotatable bonds is 8. The van der Waals surface area contributed by atoms with Crippen molar-refractivity contribution in [2.24, 2.45) is 10.5 Å². The van der Waals surface area contributed by atoms with Gasteiger partial charge in [-0.05, 0) is 70.3 Å². The van der Waals surface area contributed by atoms with E-state index in [0.29, 0.717) is 41.3 Å². The number of ether oxygens (including phenoxy) is 2. The molecule has 0 atom stereocenters. The van der Waals surface area contributed by atoms with Crippen molar-refractivity contribution in [1.29, 1.82) is 0 Å². The Morgan fingerprint density at radius 3 is 2.67 bits per heavy atom. The topological polar surface area (TPSA) is 65.7 Å². The van der Waals surface area contributed by atoms with Crippen LogP contribution in [0.2, 0.25) is 0 Å². The molecule has 2 aromatic carbocycles. The molecule has 33 heavy (non-hydrogen) atoms. The number of unbranched alkanes of at least 4 members (excludes halogenated alkanes) is 1. The smallest absolute Gasteiger partial charge is 0.282 e. The third-order valence-electron chi connectivity index (χ3n) is 4.85. The van der Waals surface area contributed by atoms with Gasteiger partial charge in [0, 0.05) is 10.9 Å². The maximum absolute atomic E-state index is 13.3. The molecule has 1 heterocycles.